The lowest BCUT2D eigenvalue weighted by Gasteiger charge is -2.29. The summed E-state index contributed by atoms with van der Waals surface area (Å²) in [5.74, 6) is 1.35. The summed E-state index contributed by atoms with van der Waals surface area (Å²) in [5, 5.41) is 30.8. The number of hydrogen-bond acceptors (Lipinski definition) is 6. The van der Waals surface area contributed by atoms with Gasteiger partial charge in [-0.3, -0.25) is 4.79 Å². The summed E-state index contributed by atoms with van der Waals surface area (Å²) in [6.45, 7) is 26.7. The van der Waals surface area contributed by atoms with Crippen LogP contribution in [-0.4, -0.2) is 57.2 Å². The van der Waals surface area contributed by atoms with Crippen LogP contribution in [0.15, 0.2) is 23.9 Å². The molecule has 8 bridgehead atoms. The summed E-state index contributed by atoms with van der Waals surface area (Å²) in [7, 11) is 1.46. The lowest BCUT2D eigenvalue weighted by Crippen LogP contribution is -2.39. The molecule has 6 N–H and O–H groups in total. The van der Waals surface area contributed by atoms with E-state index in [1.165, 1.54) is 68.8 Å². The second-order valence-electron chi connectivity index (χ2n) is 20.1. The van der Waals surface area contributed by atoms with E-state index in [-0.39, 0.29) is 42.6 Å². The van der Waals surface area contributed by atoms with Crippen LogP contribution in [0.5, 0.6) is 0 Å². The number of aliphatic hydroxyl groups is 2. The van der Waals surface area contributed by atoms with Crippen molar-refractivity contribution in [2.75, 3.05) is 13.7 Å². The summed E-state index contributed by atoms with van der Waals surface area (Å²) < 4.78 is 11.4. The van der Waals surface area contributed by atoms with E-state index in [4.69, 9.17) is 9.47 Å². The maximum absolute atomic E-state index is 13.5. The number of H-pyrrole nitrogens is 3. The number of methoxy groups -OCH3 is 1. The van der Waals surface area contributed by atoms with Crippen molar-refractivity contribution in [1.29, 1.82) is 0 Å². The number of carbonyl (C=O) groups excluding carboxylic acids is 1. The van der Waals surface area contributed by atoms with Crippen LogP contribution in [0, 0.1) is 56.3 Å². The number of allylic oxidation sites excluding steroid dienone is 2. The third-order valence-corrected chi connectivity index (χ3v) is 15.0. The molecule has 2 aliphatic heterocycles. The summed E-state index contributed by atoms with van der Waals surface area (Å²) in [6.07, 6.45) is 22.2. The van der Waals surface area contributed by atoms with Crippen LogP contribution in [0.3, 0.4) is 0 Å². The van der Waals surface area contributed by atoms with Crippen molar-refractivity contribution in [1.82, 2.24) is 20.3 Å². The molecule has 350 valence electrons. The zero-order valence-corrected chi connectivity index (χ0v) is 41.0. The first-order valence-corrected chi connectivity index (χ1v) is 24.5. The Morgan fingerprint density at radius 3 is 2.17 bits per heavy atom. The van der Waals surface area contributed by atoms with Crippen LogP contribution in [-0.2, 0) is 20.7 Å². The van der Waals surface area contributed by atoms with Gasteiger partial charge in [-0.15, -0.1) is 0 Å². The Morgan fingerprint density at radius 1 is 0.859 bits per heavy atom. The quantitative estimate of drug-likeness (QED) is 0.0359. The van der Waals surface area contributed by atoms with E-state index in [1.807, 2.05) is 13.0 Å². The van der Waals surface area contributed by atoms with E-state index in [2.05, 4.69) is 113 Å². The molecule has 1 fully saturated rings. The number of nitrogens with one attached hydrogen (secondary N) is 4. The third-order valence-electron chi connectivity index (χ3n) is 15.0. The van der Waals surface area contributed by atoms with Crippen LogP contribution >= 0.6 is 0 Å². The highest BCUT2D eigenvalue weighted by Gasteiger charge is 2.46. The highest BCUT2D eigenvalue weighted by Crippen LogP contribution is 2.43. The monoisotopic (exact) mass is 877 g/mol. The van der Waals surface area contributed by atoms with Crippen LogP contribution in [0.25, 0.3) is 35.6 Å². The molecule has 3 aromatic heterocycles. The van der Waals surface area contributed by atoms with Gasteiger partial charge in [0.05, 0.1) is 17.3 Å². The minimum atomic E-state index is -1.28. The Labute approximate surface area is 383 Å². The molecule has 3 aliphatic rings. The minimum absolute atomic E-state index is 0.000496. The lowest BCUT2D eigenvalue weighted by molar-refractivity contribution is -0.142. The van der Waals surface area contributed by atoms with Gasteiger partial charge >= 0.3 is 5.97 Å². The number of ether oxygens (including phenoxy) is 2. The number of esters is 1. The van der Waals surface area contributed by atoms with Crippen molar-refractivity contribution in [3.05, 3.63) is 90.1 Å². The van der Waals surface area contributed by atoms with Gasteiger partial charge in [0.1, 0.15) is 12.4 Å². The van der Waals surface area contributed by atoms with Gasteiger partial charge in [-0.2, -0.15) is 0 Å². The zero-order chi connectivity index (χ0) is 46.4. The molecular formula is C55H80N4O5. The van der Waals surface area contributed by atoms with Crippen molar-refractivity contribution in [3.63, 3.8) is 0 Å². The fourth-order valence-electron chi connectivity index (χ4n) is 10.8. The molecule has 2 unspecified atom stereocenters. The fourth-order valence-corrected chi connectivity index (χ4v) is 10.8. The van der Waals surface area contributed by atoms with E-state index in [0.717, 1.165) is 98.1 Å². The molecule has 3 aromatic rings. The van der Waals surface area contributed by atoms with Gasteiger partial charge in [0.15, 0.2) is 6.29 Å². The molecule has 7 atom stereocenters. The van der Waals surface area contributed by atoms with Crippen molar-refractivity contribution in [2.45, 2.75) is 159 Å². The Morgan fingerprint density at radius 2 is 1.52 bits per heavy atom. The molecule has 64 heavy (non-hydrogen) atoms. The second kappa shape index (κ2) is 21.7. The summed E-state index contributed by atoms with van der Waals surface area (Å²) >= 11 is 0. The molecule has 1 aliphatic carbocycles. The SMILES string of the molecule is C=Cc1c2[nH]c(c1C)/C=C1\NC(C3=c4[nH]c(c(C)c4=C(O)[C@@H]3C(O)OC)/C=c3\[nH]/c(c(C)c3CC)=C\2)[C@@H](CCC(=O)OC/C=C(\C)CCC[C@H](C)CCC[C@H](C)CCCC(C)C)[C@@H]1C. The lowest BCUT2D eigenvalue weighted by atomic mass is 9.80. The summed E-state index contributed by atoms with van der Waals surface area (Å²) in [6, 6.07) is -0.334. The molecule has 0 radical (unpaired) electrons. The first kappa shape index (κ1) is 49.0. The number of carbonyl (C=O) groups is 1. The van der Waals surface area contributed by atoms with E-state index in [0.29, 0.717) is 11.6 Å². The topological polar surface area (TPSA) is 135 Å². The molecule has 9 nitrogen and oxygen atoms in total. The van der Waals surface area contributed by atoms with Crippen LogP contribution in [0.1, 0.15) is 164 Å². The van der Waals surface area contributed by atoms with Crippen molar-refractivity contribution in [3.8, 4) is 0 Å². The molecule has 0 amide bonds. The normalized spacial score (nSPS) is 22.6. The molecule has 1 saturated heterocycles. The van der Waals surface area contributed by atoms with E-state index in [9.17, 15) is 15.0 Å². The predicted molar refractivity (Wildman–Crippen MR) is 264 cm³/mol. The van der Waals surface area contributed by atoms with E-state index < -0.39 is 12.2 Å². The van der Waals surface area contributed by atoms with Gasteiger partial charge in [-0.1, -0.05) is 105 Å². The van der Waals surface area contributed by atoms with Gasteiger partial charge in [0, 0.05) is 63.7 Å². The average molecular weight is 877 g/mol. The van der Waals surface area contributed by atoms with Crippen molar-refractivity contribution < 1.29 is 24.5 Å². The zero-order valence-electron chi connectivity index (χ0n) is 41.0. The first-order chi connectivity index (χ1) is 30.6. The van der Waals surface area contributed by atoms with Crippen LogP contribution in [0.2, 0.25) is 0 Å². The molecule has 0 aromatic carbocycles. The maximum atomic E-state index is 13.5. The largest absolute Gasteiger partial charge is 0.511 e. The van der Waals surface area contributed by atoms with Crippen molar-refractivity contribution in [2.24, 2.45) is 35.5 Å². The van der Waals surface area contributed by atoms with Gasteiger partial charge in [-0.25, -0.2) is 0 Å². The summed E-state index contributed by atoms with van der Waals surface area (Å²) in [5.41, 5.74) is 11.4. The molecular weight excluding hydrogens is 797 g/mol. The van der Waals surface area contributed by atoms with Gasteiger partial charge < -0.3 is 40.0 Å². The minimum Gasteiger partial charge on any atom is -0.511 e. The third kappa shape index (κ3) is 10.8. The second-order valence-corrected chi connectivity index (χ2v) is 20.1. The fraction of sp³-hybridized carbons (Fsp3) is 0.582. The molecule has 0 spiro atoms. The Balaban J connectivity index is 1.21. The number of aromatic amines is 3. The molecule has 6 rings (SSSR count). The van der Waals surface area contributed by atoms with E-state index in [1.54, 1.807) is 0 Å². The number of fused-ring (bicyclic) bond motifs is 8. The van der Waals surface area contributed by atoms with Crippen LogP contribution in [0.4, 0.5) is 0 Å². The highest BCUT2D eigenvalue weighted by atomic mass is 16.6. The Bertz CT molecular complexity index is 2460. The average Bonchev–Trinajstić information content (AvgIpc) is 3.99. The number of rotatable bonds is 21. The molecule has 5 heterocycles. The van der Waals surface area contributed by atoms with E-state index >= 15 is 0 Å². The number of aliphatic hydroxyl groups excluding tert-OH is 2. The number of hydrogen-bond donors (Lipinski definition) is 6. The molecule has 0 saturated carbocycles. The summed E-state index contributed by atoms with van der Waals surface area (Å²) in [4.78, 5) is 24.6. The number of aromatic nitrogens is 3. The predicted octanol–water partition coefficient (Wildman–Crippen LogP) is 9.16. The van der Waals surface area contributed by atoms with Gasteiger partial charge in [0.2, 0.25) is 0 Å². The van der Waals surface area contributed by atoms with Crippen LogP contribution < -0.4 is 26.6 Å². The Kier molecular flexibility index (Phi) is 16.6. The Hall–Kier alpha value is -4.47. The standard InChI is InChI=1S/C55H80N4O5/c1-13-39-35(8)42-28-44-37(10)41(24-25-48(60)64-27-26-34(7)23-17-22-33(6)21-16-20-32(5)19-15-18-31(3)4)52(58-44)50-51(55(62)63-12)54(61)49-38(11)45(59-53(49)50)30-47-40(14-2)36(9)43(57-47)29-46(39)56-42/h13,26,28-33,37,41,51-52,55-59,61-62H,1,14-25,27H2,2-12H3/b34-26+,43-29-,44-28-,47-30-/t32-,33-,37+,41+,51-,52?,55?/m1/s1. The van der Waals surface area contributed by atoms with Crippen molar-refractivity contribution >= 4 is 41.6 Å². The van der Waals surface area contributed by atoms with Gasteiger partial charge in [0.25, 0.3) is 0 Å². The first-order valence-electron chi connectivity index (χ1n) is 24.5. The smallest absolute Gasteiger partial charge is 0.306 e. The van der Waals surface area contributed by atoms with Gasteiger partial charge in [-0.05, 0) is 129 Å². The maximum Gasteiger partial charge on any atom is 0.306 e. The highest BCUT2D eigenvalue weighted by molar-refractivity contribution is 5.76. The molecule has 9 heteroatoms.